The van der Waals surface area contributed by atoms with E-state index in [1.54, 1.807) is 12.3 Å². The fourth-order valence-corrected chi connectivity index (χ4v) is 2.51. The predicted molar refractivity (Wildman–Crippen MR) is 80.8 cm³/mol. The Bertz CT molecular complexity index is 561. The lowest BCUT2D eigenvalue weighted by molar-refractivity contribution is 0.580. The lowest BCUT2D eigenvalue weighted by atomic mass is 9.99. The van der Waals surface area contributed by atoms with Gasteiger partial charge in [0.05, 0.1) is 0 Å². The zero-order valence-corrected chi connectivity index (χ0v) is 11.3. The molecule has 1 saturated heterocycles. The van der Waals surface area contributed by atoms with E-state index in [4.69, 9.17) is 5.73 Å². The first-order valence-corrected chi connectivity index (χ1v) is 6.95. The average molecular weight is 269 g/mol. The van der Waals surface area contributed by atoms with Crippen LogP contribution in [-0.2, 0) is 6.42 Å². The molecule has 1 aliphatic rings. The van der Waals surface area contributed by atoms with Gasteiger partial charge < -0.3 is 16.4 Å². The molecule has 4 N–H and O–H groups in total. The second-order valence-electron chi connectivity index (χ2n) is 5.19. The summed E-state index contributed by atoms with van der Waals surface area (Å²) in [7, 11) is 0. The normalized spacial score (nSPS) is 18.1. The van der Waals surface area contributed by atoms with Gasteiger partial charge in [-0.15, -0.1) is 0 Å². The first kappa shape index (κ1) is 12.9. The Morgan fingerprint density at radius 3 is 2.80 bits per heavy atom. The van der Waals surface area contributed by atoms with Gasteiger partial charge in [-0.05, 0) is 55.6 Å². The summed E-state index contributed by atoms with van der Waals surface area (Å²) in [6.45, 7) is 2.29. The van der Waals surface area contributed by atoms with Crippen molar-refractivity contribution in [1.29, 1.82) is 0 Å². The van der Waals surface area contributed by atoms with Gasteiger partial charge in [-0.1, -0.05) is 12.1 Å². The summed E-state index contributed by atoms with van der Waals surface area (Å²) in [6.07, 6.45) is 4.06. The Hall–Kier alpha value is -2.14. The average Bonchev–Trinajstić information content (AvgIpc) is 2.94. The number of hydrogen-bond donors (Lipinski definition) is 3. The van der Waals surface area contributed by atoms with Crippen LogP contribution in [0.3, 0.4) is 0 Å². The van der Waals surface area contributed by atoms with Gasteiger partial charge in [-0.3, -0.25) is 0 Å². The standard InChI is InChI=1S/C15H19N5/c16-14-6-8-18-15(20-14)19-13-3-1-11(2-4-13)9-12-5-7-17-10-12/h1-4,6,8,12,17H,5,7,9-10H2,(H3,16,18,19,20). The molecule has 1 aliphatic heterocycles. The SMILES string of the molecule is Nc1ccnc(Nc2ccc(CC3CCNC3)cc2)n1. The third kappa shape index (κ3) is 3.24. The number of benzene rings is 1. The maximum absolute atomic E-state index is 5.63. The summed E-state index contributed by atoms with van der Waals surface area (Å²) in [6, 6.07) is 10.1. The molecule has 1 fully saturated rings. The molecule has 0 saturated carbocycles. The molecule has 0 aliphatic carbocycles. The summed E-state index contributed by atoms with van der Waals surface area (Å²) in [5.41, 5.74) is 7.98. The van der Waals surface area contributed by atoms with E-state index in [1.807, 2.05) is 0 Å². The van der Waals surface area contributed by atoms with E-state index in [2.05, 4.69) is 44.9 Å². The fourth-order valence-electron chi connectivity index (χ4n) is 2.51. The van der Waals surface area contributed by atoms with Crippen molar-refractivity contribution in [2.75, 3.05) is 24.1 Å². The van der Waals surface area contributed by atoms with Gasteiger partial charge in [0.15, 0.2) is 0 Å². The van der Waals surface area contributed by atoms with E-state index in [0.29, 0.717) is 11.8 Å². The van der Waals surface area contributed by atoms with E-state index in [1.165, 1.54) is 12.0 Å². The number of nitrogens with two attached hydrogens (primary N) is 1. The number of aromatic nitrogens is 2. The Kier molecular flexibility index (Phi) is 3.78. The Labute approximate surface area is 118 Å². The molecular weight excluding hydrogens is 250 g/mol. The van der Waals surface area contributed by atoms with Crippen LogP contribution in [0.25, 0.3) is 0 Å². The molecule has 1 unspecified atom stereocenters. The molecule has 1 aromatic heterocycles. The topological polar surface area (TPSA) is 75.9 Å². The highest BCUT2D eigenvalue weighted by molar-refractivity contribution is 5.54. The molecule has 5 heteroatoms. The highest BCUT2D eigenvalue weighted by Gasteiger charge is 2.14. The van der Waals surface area contributed by atoms with E-state index in [0.717, 1.165) is 31.1 Å². The minimum Gasteiger partial charge on any atom is -0.384 e. The molecule has 2 heterocycles. The molecule has 20 heavy (non-hydrogen) atoms. The summed E-state index contributed by atoms with van der Waals surface area (Å²) < 4.78 is 0. The molecule has 0 amide bonds. The molecule has 1 aromatic carbocycles. The van der Waals surface area contributed by atoms with Gasteiger partial charge in [-0.25, -0.2) is 4.98 Å². The first-order chi connectivity index (χ1) is 9.79. The van der Waals surface area contributed by atoms with Crippen LogP contribution < -0.4 is 16.4 Å². The summed E-state index contributed by atoms with van der Waals surface area (Å²) in [5.74, 6) is 1.76. The monoisotopic (exact) mass is 269 g/mol. The van der Waals surface area contributed by atoms with E-state index < -0.39 is 0 Å². The molecule has 0 spiro atoms. The summed E-state index contributed by atoms with van der Waals surface area (Å²) in [4.78, 5) is 8.25. The van der Waals surface area contributed by atoms with Crippen molar-refractivity contribution in [2.45, 2.75) is 12.8 Å². The number of rotatable bonds is 4. The Morgan fingerprint density at radius 1 is 1.25 bits per heavy atom. The first-order valence-electron chi connectivity index (χ1n) is 6.95. The highest BCUT2D eigenvalue weighted by Crippen LogP contribution is 2.18. The van der Waals surface area contributed by atoms with Crippen LogP contribution in [0, 0.1) is 5.92 Å². The smallest absolute Gasteiger partial charge is 0.229 e. The van der Waals surface area contributed by atoms with Crippen LogP contribution in [0.1, 0.15) is 12.0 Å². The number of nitrogens with zero attached hydrogens (tertiary/aromatic N) is 2. The van der Waals surface area contributed by atoms with Crippen LogP contribution in [-0.4, -0.2) is 23.1 Å². The zero-order chi connectivity index (χ0) is 13.8. The van der Waals surface area contributed by atoms with Gasteiger partial charge >= 0.3 is 0 Å². The number of nitrogens with one attached hydrogen (secondary N) is 2. The van der Waals surface area contributed by atoms with Crippen LogP contribution in [0.4, 0.5) is 17.5 Å². The third-order valence-electron chi connectivity index (χ3n) is 3.57. The molecular formula is C15H19N5. The zero-order valence-electron chi connectivity index (χ0n) is 11.3. The molecule has 5 nitrogen and oxygen atoms in total. The van der Waals surface area contributed by atoms with Crippen molar-refractivity contribution < 1.29 is 0 Å². The van der Waals surface area contributed by atoms with E-state index in [-0.39, 0.29) is 0 Å². The minimum atomic E-state index is 0.466. The molecule has 3 rings (SSSR count). The molecule has 1 atom stereocenters. The fraction of sp³-hybridized carbons (Fsp3) is 0.333. The van der Waals surface area contributed by atoms with E-state index in [9.17, 15) is 0 Å². The maximum Gasteiger partial charge on any atom is 0.229 e. The lowest BCUT2D eigenvalue weighted by Crippen LogP contribution is -2.10. The van der Waals surface area contributed by atoms with Crippen LogP contribution in [0.2, 0.25) is 0 Å². The Morgan fingerprint density at radius 2 is 2.10 bits per heavy atom. The van der Waals surface area contributed by atoms with Gasteiger partial charge in [-0.2, -0.15) is 4.98 Å². The Balaban J connectivity index is 1.63. The van der Waals surface area contributed by atoms with Gasteiger partial charge in [0, 0.05) is 11.9 Å². The quantitative estimate of drug-likeness (QED) is 0.791. The number of anilines is 3. The lowest BCUT2D eigenvalue weighted by Gasteiger charge is -2.09. The number of hydrogen-bond acceptors (Lipinski definition) is 5. The van der Waals surface area contributed by atoms with Crippen LogP contribution in [0.15, 0.2) is 36.5 Å². The van der Waals surface area contributed by atoms with Crippen LogP contribution >= 0.6 is 0 Å². The number of nitrogen functional groups attached to an aromatic ring is 1. The van der Waals surface area contributed by atoms with Crippen molar-refractivity contribution >= 4 is 17.5 Å². The van der Waals surface area contributed by atoms with Gasteiger partial charge in [0.2, 0.25) is 5.95 Å². The van der Waals surface area contributed by atoms with Gasteiger partial charge in [0.1, 0.15) is 5.82 Å². The second-order valence-corrected chi connectivity index (χ2v) is 5.19. The third-order valence-corrected chi connectivity index (χ3v) is 3.57. The molecule has 2 aromatic rings. The predicted octanol–water partition coefficient (Wildman–Crippen LogP) is 1.95. The molecule has 0 bridgehead atoms. The second kappa shape index (κ2) is 5.88. The molecule has 104 valence electrons. The molecule has 0 radical (unpaired) electrons. The van der Waals surface area contributed by atoms with Crippen molar-refractivity contribution in [3.8, 4) is 0 Å². The van der Waals surface area contributed by atoms with Gasteiger partial charge in [0.25, 0.3) is 0 Å². The van der Waals surface area contributed by atoms with Crippen LogP contribution in [0.5, 0.6) is 0 Å². The van der Waals surface area contributed by atoms with Crippen molar-refractivity contribution in [3.05, 3.63) is 42.1 Å². The van der Waals surface area contributed by atoms with Crippen molar-refractivity contribution in [1.82, 2.24) is 15.3 Å². The summed E-state index contributed by atoms with van der Waals surface area (Å²) >= 11 is 0. The summed E-state index contributed by atoms with van der Waals surface area (Å²) in [5, 5.41) is 6.55. The highest BCUT2D eigenvalue weighted by atomic mass is 15.1. The minimum absolute atomic E-state index is 0.466. The van der Waals surface area contributed by atoms with E-state index >= 15 is 0 Å². The van der Waals surface area contributed by atoms with Crippen molar-refractivity contribution in [2.24, 2.45) is 5.92 Å². The largest absolute Gasteiger partial charge is 0.384 e. The maximum atomic E-state index is 5.63. The van der Waals surface area contributed by atoms with Crippen molar-refractivity contribution in [3.63, 3.8) is 0 Å².